The van der Waals surface area contributed by atoms with Gasteiger partial charge in [0.15, 0.2) is 5.78 Å². The summed E-state index contributed by atoms with van der Waals surface area (Å²) in [5.74, 6) is 1.00. The zero-order chi connectivity index (χ0) is 15.0. The standard InChI is InChI=1S/C19H20O2/c1-4-13-7-5-6-8-16(13)18(20)14-9-10-17-15(11-14)12-19(2,3)21-17/h5-11H,4,12H2,1-3H3. The van der Waals surface area contributed by atoms with E-state index in [2.05, 4.69) is 20.8 Å². The van der Waals surface area contributed by atoms with Crippen molar-refractivity contribution in [3.05, 3.63) is 64.7 Å². The summed E-state index contributed by atoms with van der Waals surface area (Å²) in [5.41, 5.74) is 3.60. The molecule has 2 heteroatoms. The van der Waals surface area contributed by atoms with Crippen molar-refractivity contribution in [2.45, 2.75) is 39.2 Å². The summed E-state index contributed by atoms with van der Waals surface area (Å²) in [7, 11) is 0. The molecule has 0 unspecified atom stereocenters. The van der Waals surface area contributed by atoms with Crippen molar-refractivity contribution in [2.75, 3.05) is 0 Å². The number of hydrogen-bond acceptors (Lipinski definition) is 2. The van der Waals surface area contributed by atoms with Crippen LogP contribution in [0.3, 0.4) is 0 Å². The van der Waals surface area contributed by atoms with E-state index in [0.29, 0.717) is 0 Å². The van der Waals surface area contributed by atoms with Gasteiger partial charge >= 0.3 is 0 Å². The lowest BCUT2D eigenvalue weighted by atomic mass is 9.94. The highest BCUT2D eigenvalue weighted by molar-refractivity contribution is 6.10. The van der Waals surface area contributed by atoms with Crippen molar-refractivity contribution in [1.29, 1.82) is 0 Å². The first-order valence-electron chi connectivity index (χ1n) is 7.45. The fourth-order valence-electron chi connectivity index (χ4n) is 2.96. The lowest BCUT2D eigenvalue weighted by Crippen LogP contribution is -2.24. The molecule has 1 aliphatic heterocycles. The average molecular weight is 280 g/mol. The van der Waals surface area contributed by atoms with E-state index >= 15 is 0 Å². The molecule has 0 N–H and O–H groups in total. The molecule has 0 bridgehead atoms. The molecule has 2 aromatic rings. The summed E-state index contributed by atoms with van der Waals surface area (Å²) < 4.78 is 5.87. The largest absolute Gasteiger partial charge is 0.487 e. The third-order valence-corrected chi connectivity index (χ3v) is 3.97. The van der Waals surface area contributed by atoms with E-state index in [0.717, 1.165) is 40.8 Å². The summed E-state index contributed by atoms with van der Waals surface area (Å²) in [6.45, 7) is 6.22. The van der Waals surface area contributed by atoms with E-state index in [1.54, 1.807) is 0 Å². The Bertz CT molecular complexity index is 698. The Hall–Kier alpha value is -2.09. The molecule has 0 saturated heterocycles. The van der Waals surface area contributed by atoms with E-state index in [-0.39, 0.29) is 11.4 Å². The van der Waals surface area contributed by atoms with Gasteiger partial charge in [-0.1, -0.05) is 31.2 Å². The highest BCUT2D eigenvalue weighted by atomic mass is 16.5. The quantitative estimate of drug-likeness (QED) is 0.788. The second-order valence-electron chi connectivity index (χ2n) is 6.20. The van der Waals surface area contributed by atoms with E-state index < -0.39 is 0 Å². The number of benzene rings is 2. The van der Waals surface area contributed by atoms with Gasteiger partial charge in [-0.05, 0) is 49.6 Å². The summed E-state index contributed by atoms with van der Waals surface area (Å²) in [4.78, 5) is 12.7. The van der Waals surface area contributed by atoms with E-state index in [1.165, 1.54) is 0 Å². The number of carbonyl (C=O) groups excluding carboxylic acids is 1. The van der Waals surface area contributed by atoms with Crippen LogP contribution in [0.15, 0.2) is 42.5 Å². The Kier molecular flexibility index (Phi) is 3.32. The van der Waals surface area contributed by atoms with E-state index in [9.17, 15) is 4.79 Å². The monoisotopic (exact) mass is 280 g/mol. The van der Waals surface area contributed by atoms with Gasteiger partial charge in [0.2, 0.25) is 0 Å². The lowest BCUT2D eigenvalue weighted by Gasteiger charge is -2.16. The third kappa shape index (κ3) is 2.58. The fraction of sp³-hybridized carbons (Fsp3) is 0.316. The van der Waals surface area contributed by atoms with Gasteiger partial charge in [-0.3, -0.25) is 4.79 Å². The molecule has 3 rings (SSSR count). The maximum Gasteiger partial charge on any atom is 0.193 e. The number of fused-ring (bicyclic) bond motifs is 1. The molecule has 0 saturated carbocycles. The zero-order valence-corrected chi connectivity index (χ0v) is 12.8. The Morgan fingerprint density at radius 1 is 1.19 bits per heavy atom. The number of hydrogen-bond donors (Lipinski definition) is 0. The predicted octanol–water partition coefficient (Wildman–Crippen LogP) is 4.19. The SMILES string of the molecule is CCc1ccccc1C(=O)c1ccc2c(c1)CC(C)(C)O2. The van der Waals surface area contributed by atoms with E-state index in [1.807, 2.05) is 42.5 Å². The van der Waals surface area contributed by atoms with Crippen LogP contribution < -0.4 is 4.74 Å². The van der Waals surface area contributed by atoms with Gasteiger partial charge < -0.3 is 4.74 Å². The highest BCUT2D eigenvalue weighted by Gasteiger charge is 2.30. The molecule has 2 aromatic carbocycles. The second kappa shape index (κ2) is 5.03. The number of aryl methyl sites for hydroxylation is 1. The van der Waals surface area contributed by atoms with Crippen molar-refractivity contribution >= 4 is 5.78 Å². The lowest BCUT2D eigenvalue weighted by molar-refractivity contribution is 0.103. The summed E-state index contributed by atoms with van der Waals surface area (Å²) >= 11 is 0. The number of ether oxygens (including phenoxy) is 1. The maximum absolute atomic E-state index is 12.7. The topological polar surface area (TPSA) is 26.3 Å². The van der Waals surface area contributed by atoms with Crippen LogP contribution in [0.1, 0.15) is 47.8 Å². The first kappa shape index (κ1) is 13.9. The molecule has 0 amide bonds. The average Bonchev–Trinajstić information content (AvgIpc) is 2.79. The minimum atomic E-state index is -0.175. The van der Waals surface area contributed by atoms with Crippen LogP contribution in [-0.2, 0) is 12.8 Å². The third-order valence-electron chi connectivity index (χ3n) is 3.97. The number of ketones is 1. The molecule has 1 heterocycles. The molecule has 0 fully saturated rings. The highest BCUT2D eigenvalue weighted by Crippen LogP contribution is 2.35. The van der Waals surface area contributed by atoms with Crippen LogP contribution in [0.5, 0.6) is 5.75 Å². The van der Waals surface area contributed by atoms with Crippen LogP contribution in [0.4, 0.5) is 0 Å². The molecule has 0 aliphatic carbocycles. The van der Waals surface area contributed by atoms with Crippen LogP contribution in [0.2, 0.25) is 0 Å². The summed E-state index contributed by atoms with van der Waals surface area (Å²) in [6.07, 6.45) is 1.71. The normalized spacial score (nSPS) is 15.4. The zero-order valence-electron chi connectivity index (χ0n) is 12.8. The van der Waals surface area contributed by atoms with Crippen molar-refractivity contribution < 1.29 is 9.53 Å². The minimum Gasteiger partial charge on any atom is -0.487 e. The van der Waals surface area contributed by atoms with Gasteiger partial charge in [0.25, 0.3) is 0 Å². The molecular formula is C19H20O2. The fourth-order valence-corrected chi connectivity index (χ4v) is 2.96. The first-order valence-corrected chi connectivity index (χ1v) is 7.45. The molecule has 0 aromatic heterocycles. The Morgan fingerprint density at radius 2 is 1.95 bits per heavy atom. The van der Waals surface area contributed by atoms with Gasteiger partial charge in [0, 0.05) is 17.5 Å². The Morgan fingerprint density at radius 3 is 2.71 bits per heavy atom. The molecule has 0 spiro atoms. The molecule has 2 nitrogen and oxygen atoms in total. The van der Waals surface area contributed by atoms with Crippen molar-refractivity contribution in [1.82, 2.24) is 0 Å². The maximum atomic E-state index is 12.7. The Labute approximate surface area is 125 Å². The molecule has 0 atom stereocenters. The molecule has 21 heavy (non-hydrogen) atoms. The molecule has 108 valence electrons. The van der Waals surface area contributed by atoms with Gasteiger partial charge in [-0.25, -0.2) is 0 Å². The van der Waals surface area contributed by atoms with E-state index in [4.69, 9.17) is 4.74 Å². The smallest absolute Gasteiger partial charge is 0.193 e. The Balaban J connectivity index is 1.97. The van der Waals surface area contributed by atoms with Crippen LogP contribution in [0, 0.1) is 0 Å². The van der Waals surface area contributed by atoms with Crippen molar-refractivity contribution in [3.63, 3.8) is 0 Å². The molecule has 1 aliphatic rings. The van der Waals surface area contributed by atoms with Crippen LogP contribution >= 0.6 is 0 Å². The van der Waals surface area contributed by atoms with Gasteiger partial charge in [-0.2, -0.15) is 0 Å². The summed E-state index contributed by atoms with van der Waals surface area (Å²) in [6, 6.07) is 13.6. The van der Waals surface area contributed by atoms with Crippen LogP contribution in [-0.4, -0.2) is 11.4 Å². The second-order valence-corrected chi connectivity index (χ2v) is 6.20. The molecule has 0 radical (unpaired) electrons. The minimum absolute atomic E-state index is 0.0972. The van der Waals surface area contributed by atoms with Crippen LogP contribution in [0.25, 0.3) is 0 Å². The predicted molar refractivity (Wildman–Crippen MR) is 84.1 cm³/mol. The first-order chi connectivity index (χ1) is 10.00. The van der Waals surface area contributed by atoms with Gasteiger partial charge in [0.1, 0.15) is 11.4 Å². The van der Waals surface area contributed by atoms with Gasteiger partial charge in [0.05, 0.1) is 0 Å². The van der Waals surface area contributed by atoms with Crippen molar-refractivity contribution in [3.8, 4) is 5.75 Å². The van der Waals surface area contributed by atoms with Crippen molar-refractivity contribution in [2.24, 2.45) is 0 Å². The van der Waals surface area contributed by atoms with Gasteiger partial charge in [-0.15, -0.1) is 0 Å². The number of rotatable bonds is 3. The molecular weight excluding hydrogens is 260 g/mol. The number of carbonyl (C=O) groups is 1. The summed E-state index contributed by atoms with van der Waals surface area (Å²) in [5, 5.41) is 0.